The van der Waals surface area contributed by atoms with Crippen molar-refractivity contribution >= 4 is 10.9 Å². The molecule has 1 atom stereocenters. The smallest absolute Gasteiger partial charge is 0.123 e. The molecule has 172 valence electrons. The number of fused-ring (bicyclic) bond motifs is 1. The van der Waals surface area contributed by atoms with Gasteiger partial charge in [0.25, 0.3) is 0 Å². The summed E-state index contributed by atoms with van der Waals surface area (Å²) in [6.45, 7) is 4.88. The van der Waals surface area contributed by atoms with E-state index in [1.807, 2.05) is 29.0 Å². The van der Waals surface area contributed by atoms with Gasteiger partial charge in [0, 0.05) is 68.5 Å². The monoisotopic (exact) mass is 450 g/mol. The van der Waals surface area contributed by atoms with Crippen molar-refractivity contribution in [2.24, 2.45) is 0 Å². The fourth-order valence-electron chi connectivity index (χ4n) is 4.59. The van der Waals surface area contributed by atoms with Crippen LogP contribution in [-0.4, -0.2) is 75.0 Å². The number of aromatic nitrogens is 4. The molecule has 0 radical (unpaired) electrons. The summed E-state index contributed by atoms with van der Waals surface area (Å²) >= 11 is 0. The van der Waals surface area contributed by atoms with Gasteiger partial charge in [0.1, 0.15) is 24.6 Å². The highest BCUT2D eigenvalue weighted by Crippen LogP contribution is 2.24. The van der Waals surface area contributed by atoms with Crippen LogP contribution in [0.1, 0.15) is 11.1 Å². The average Bonchev–Trinajstić information content (AvgIpc) is 3.49. The van der Waals surface area contributed by atoms with Crippen molar-refractivity contribution < 1.29 is 8.78 Å². The summed E-state index contributed by atoms with van der Waals surface area (Å²) in [5.41, 5.74) is 3.97. The number of alkyl halides is 1. The number of halogens is 2. The van der Waals surface area contributed by atoms with Gasteiger partial charge >= 0.3 is 0 Å². The normalized spacial score (nSPS) is 16.4. The first-order valence-corrected chi connectivity index (χ1v) is 11.4. The minimum Gasteiger partial charge on any atom is -0.361 e. The van der Waals surface area contributed by atoms with Gasteiger partial charge in [0.15, 0.2) is 0 Å². The van der Waals surface area contributed by atoms with E-state index < -0.39 is 6.17 Å². The third-order valence-corrected chi connectivity index (χ3v) is 6.44. The highest BCUT2D eigenvalue weighted by molar-refractivity contribution is 5.85. The Labute approximate surface area is 191 Å². The summed E-state index contributed by atoms with van der Waals surface area (Å²) in [5, 5.41) is 8.75. The van der Waals surface area contributed by atoms with Gasteiger partial charge in [-0.1, -0.05) is 12.1 Å². The predicted octanol–water partition coefficient (Wildman–Crippen LogP) is 3.63. The second-order valence-corrected chi connectivity index (χ2v) is 8.74. The maximum Gasteiger partial charge on any atom is 0.123 e. The summed E-state index contributed by atoms with van der Waals surface area (Å²) in [7, 11) is 0. The first-order chi connectivity index (χ1) is 16.1. The van der Waals surface area contributed by atoms with Crippen molar-refractivity contribution in [2.75, 3.05) is 39.3 Å². The van der Waals surface area contributed by atoms with Crippen LogP contribution in [0.4, 0.5) is 8.78 Å². The number of rotatable bonds is 8. The molecule has 33 heavy (non-hydrogen) atoms. The van der Waals surface area contributed by atoms with E-state index in [1.54, 1.807) is 24.8 Å². The van der Waals surface area contributed by atoms with Gasteiger partial charge in [-0.3, -0.25) is 9.47 Å². The number of hydrogen-bond acceptors (Lipinski definition) is 4. The average molecular weight is 451 g/mol. The topological polar surface area (TPSA) is 53.0 Å². The number of piperazine rings is 1. The van der Waals surface area contributed by atoms with Crippen LogP contribution in [0.3, 0.4) is 0 Å². The number of benzene rings is 2. The molecule has 1 fully saturated rings. The number of H-pyrrole nitrogens is 1. The maximum atomic E-state index is 15.0. The predicted molar refractivity (Wildman–Crippen MR) is 125 cm³/mol. The Morgan fingerprint density at radius 1 is 0.970 bits per heavy atom. The van der Waals surface area contributed by atoms with Gasteiger partial charge in [0.2, 0.25) is 0 Å². The summed E-state index contributed by atoms with van der Waals surface area (Å²) in [6, 6.07) is 12.8. The Bertz CT molecular complexity index is 1180. The molecule has 2 aromatic carbocycles. The van der Waals surface area contributed by atoms with E-state index in [-0.39, 0.29) is 5.82 Å². The molecule has 4 aromatic rings. The highest BCUT2D eigenvalue weighted by atomic mass is 19.1. The minimum absolute atomic E-state index is 0.184. The van der Waals surface area contributed by atoms with Crippen molar-refractivity contribution in [3.05, 3.63) is 78.3 Å². The standard InChI is InChI=1S/C25H28F2N6/c26-21-3-1-2-19(12-21)6-7-31-8-10-32(11-9-31)16-22(27)13-20-15-28-25-5-4-23(14-24(20)25)33-17-29-30-18-33/h1-5,12,14-15,17-18,22,28H,6-11,13,16H2/t22-/m1/s1. The third-order valence-electron chi connectivity index (χ3n) is 6.44. The fraction of sp³-hybridized carbons (Fsp3) is 0.360. The second-order valence-electron chi connectivity index (χ2n) is 8.74. The van der Waals surface area contributed by atoms with E-state index >= 15 is 4.39 Å². The van der Waals surface area contributed by atoms with Crippen LogP contribution < -0.4 is 0 Å². The van der Waals surface area contributed by atoms with Gasteiger partial charge in [-0.15, -0.1) is 10.2 Å². The lowest BCUT2D eigenvalue weighted by molar-refractivity contribution is 0.107. The highest BCUT2D eigenvalue weighted by Gasteiger charge is 2.21. The summed E-state index contributed by atoms with van der Waals surface area (Å²) in [6.07, 6.45) is 5.51. The molecule has 6 nitrogen and oxygen atoms in total. The van der Waals surface area contributed by atoms with Crippen LogP contribution in [0.2, 0.25) is 0 Å². The third kappa shape index (κ3) is 5.29. The Balaban J connectivity index is 1.12. The molecule has 0 aliphatic carbocycles. The quantitative estimate of drug-likeness (QED) is 0.446. The molecule has 1 aliphatic heterocycles. The number of nitrogens with zero attached hydrogens (tertiary/aromatic N) is 5. The van der Waals surface area contributed by atoms with E-state index in [1.165, 1.54) is 6.07 Å². The second kappa shape index (κ2) is 9.80. The summed E-state index contributed by atoms with van der Waals surface area (Å²) in [4.78, 5) is 7.84. The molecule has 2 aromatic heterocycles. The van der Waals surface area contributed by atoms with Crippen LogP contribution in [0.25, 0.3) is 16.6 Å². The molecule has 5 rings (SSSR count). The Morgan fingerprint density at radius 3 is 2.55 bits per heavy atom. The van der Waals surface area contributed by atoms with Crippen LogP contribution in [0.5, 0.6) is 0 Å². The summed E-state index contributed by atoms with van der Waals surface area (Å²) in [5.74, 6) is -0.184. The zero-order chi connectivity index (χ0) is 22.6. The van der Waals surface area contributed by atoms with Gasteiger partial charge < -0.3 is 9.88 Å². The van der Waals surface area contributed by atoms with E-state index in [0.29, 0.717) is 13.0 Å². The van der Waals surface area contributed by atoms with Crippen molar-refractivity contribution in [3.8, 4) is 5.69 Å². The molecule has 0 bridgehead atoms. The van der Waals surface area contributed by atoms with Gasteiger partial charge in [0.05, 0.1) is 0 Å². The molecule has 1 N–H and O–H groups in total. The van der Waals surface area contributed by atoms with Gasteiger partial charge in [-0.2, -0.15) is 0 Å². The molecule has 8 heteroatoms. The first kappa shape index (κ1) is 21.7. The van der Waals surface area contributed by atoms with Crippen LogP contribution in [0, 0.1) is 5.82 Å². The molecule has 0 spiro atoms. The zero-order valence-electron chi connectivity index (χ0n) is 18.5. The fourth-order valence-corrected chi connectivity index (χ4v) is 4.59. The lowest BCUT2D eigenvalue weighted by Crippen LogP contribution is -2.48. The van der Waals surface area contributed by atoms with Gasteiger partial charge in [-0.05, 0) is 47.9 Å². The van der Waals surface area contributed by atoms with Crippen LogP contribution in [0.15, 0.2) is 61.3 Å². The molecule has 0 amide bonds. The minimum atomic E-state index is -0.929. The maximum absolute atomic E-state index is 15.0. The van der Waals surface area contributed by atoms with Crippen molar-refractivity contribution in [2.45, 2.75) is 19.0 Å². The van der Waals surface area contributed by atoms with E-state index in [4.69, 9.17) is 0 Å². The Morgan fingerprint density at radius 2 is 1.76 bits per heavy atom. The Hall–Kier alpha value is -3.10. The lowest BCUT2D eigenvalue weighted by Gasteiger charge is -2.35. The van der Waals surface area contributed by atoms with E-state index in [9.17, 15) is 4.39 Å². The van der Waals surface area contributed by atoms with Crippen LogP contribution in [-0.2, 0) is 12.8 Å². The van der Waals surface area contributed by atoms with Gasteiger partial charge in [-0.25, -0.2) is 8.78 Å². The Kier molecular flexibility index (Phi) is 6.46. The first-order valence-electron chi connectivity index (χ1n) is 11.4. The largest absolute Gasteiger partial charge is 0.361 e. The molecule has 3 heterocycles. The van der Waals surface area contributed by atoms with Crippen molar-refractivity contribution in [1.82, 2.24) is 29.5 Å². The molecular formula is C25H28F2N6. The number of nitrogens with one attached hydrogen (secondary N) is 1. The van der Waals surface area contributed by atoms with Crippen molar-refractivity contribution in [3.63, 3.8) is 0 Å². The molecule has 0 unspecified atom stereocenters. The van der Waals surface area contributed by atoms with E-state index in [0.717, 1.165) is 66.9 Å². The number of aromatic amines is 1. The molecule has 1 saturated heterocycles. The summed E-state index contributed by atoms with van der Waals surface area (Å²) < 4.78 is 30.2. The molecule has 1 aliphatic rings. The van der Waals surface area contributed by atoms with Crippen LogP contribution >= 0.6 is 0 Å². The van der Waals surface area contributed by atoms with E-state index in [2.05, 4.69) is 31.0 Å². The zero-order valence-corrected chi connectivity index (χ0v) is 18.5. The lowest BCUT2D eigenvalue weighted by atomic mass is 10.1. The SMILES string of the molecule is Fc1cccc(CCN2CCN(C[C@H](F)Cc3c[nH]c4ccc(-n5cnnc5)cc34)CC2)c1. The molecular weight excluding hydrogens is 422 g/mol. The van der Waals surface area contributed by atoms with Crippen molar-refractivity contribution in [1.29, 1.82) is 0 Å². The molecule has 0 saturated carbocycles. The number of hydrogen-bond donors (Lipinski definition) is 1.